The van der Waals surface area contributed by atoms with Crippen LogP contribution in [0.15, 0.2) is 48.5 Å². The topological polar surface area (TPSA) is 95.9 Å². The zero-order valence-corrected chi connectivity index (χ0v) is 20.0. The molecule has 3 aliphatic rings. The Morgan fingerprint density at radius 1 is 1.00 bits per heavy atom. The van der Waals surface area contributed by atoms with Crippen LogP contribution in [0.5, 0.6) is 0 Å². The van der Waals surface area contributed by atoms with E-state index in [1.165, 1.54) is 22.3 Å². The molecule has 3 aliphatic carbocycles. The third-order valence-corrected chi connectivity index (χ3v) is 7.67. The monoisotopic (exact) mass is 476 g/mol. The number of fused-ring (bicyclic) bond motifs is 3. The average Bonchev–Trinajstić information content (AvgIpc) is 3.50. The highest BCUT2D eigenvalue weighted by molar-refractivity contribution is 5.84. The van der Waals surface area contributed by atoms with Crippen LogP contribution in [0.2, 0.25) is 0 Å². The number of carbonyl (C=O) groups is 3. The summed E-state index contributed by atoms with van der Waals surface area (Å²) in [6, 6.07) is 15.7. The van der Waals surface area contributed by atoms with Gasteiger partial charge in [0.1, 0.15) is 12.6 Å². The summed E-state index contributed by atoms with van der Waals surface area (Å²) in [5.41, 5.74) is 4.74. The van der Waals surface area contributed by atoms with E-state index in [2.05, 4.69) is 29.6 Å². The molecular formula is C28H32N2O5. The molecular weight excluding hydrogens is 444 g/mol. The summed E-state index contributed by atoms with van der Waals surface area (Å²) >= 11 is 0. The number of carbonyl (C=O) groups excluding carboxylic acids is 2. The van der Waals surface area contributed by atoms with Crippen LogP contribution in [0.3, 0.4) is 0 Å². The number of alkyl carbamates (subject to hydrolysis) is 1. The van der Waals surface area contributed by atoms with Crippen LogP contribution in [0.4, 0.5) is 4.79 Å². The number of aliphatic carboxylic acids is 1. The van der Waals surface area contributed by atoms with Gasteiger partial charge in [-0.3, -0.25) is 4.79 Å². The van der Waals surface area contributed by atoms with Gasteiger partial charge in [-0.2, -0.15) is 0 Å². The average molecular weight is 477 g/mol. The molecule has 3 atom stereocenters. The van der Waals surface area contributed by atoms with Gasteiger partial charge < -0.3 is 20.1 Å². The van der Waals surface area contributed by atoms with Gasteiger partial charge in [-0.1, -0.05) is 48.5 Å². The third kappa shape index (κ3) is 4.90. The van der Waals surface area contributed by atoms with Gasteiger partial charge in [-0.05, 0) is 67.2 Å². The van der Waals surface area contributed by atoms with Crippen molar-refractivity contribution in [1.29, 1.82) is 0 Å². The minimum absolute atomic E-state index is 0.0201. The van der Waals surface area contributed by atoms with Crippen LogP contribution in [-0.2, 0) is 14.3 Å². The minimum atomic E-state index is -0.966. The summed E-state index contributed by atoms with van der Waals surface area (Å²) in [5, 5.41) is 12.3. The van der Waals surface area contributed by atoms with Crippen LogP contribution in [0, 0.1) is 5.92 Å². The number of carboxylic acids is 1. The first-order valence-corrected chi connectivity index (χ1v) is 12.6. The molecule has 2 aromatic rings. The first-order valence-electron chi connectivity index (χ1n) is 12.6. The van der Waals surface area contributed by atoms with E-state index in [-0.39, 0.29) is 36.4 Å². The van der Waals surface area contributed by atoms with E-state index < -0.39 is 18.1 Å². The van der Waals surface area contributed by atoms with Gasteiger partial charge in [0.2, 0.25) is 5.91 Å². The van der Waals surface area contributed by atoms with Crippen molar-refractivity contribution in [3.8, 4) is 11.1 Å². The second-order valence-electron chi connectivity index (χ2n) is 10.1. The van der Waals surface area contributed by atoms with E-state index in [0.29, 0.717) is 12.8 Å². The Bertz CT molecular complexity index is 1080. The van der Waals surface area contributed by atoms with Crippen LogP contribution >= 0.6 is 0 Å². The van der Waals surface area contributed by atoms with Crippen molar-refractivity contribution in [2.24, 2.45) is 5.92 Å². The summed E-state index contributed by atoms with van der Waals surface area (Å²) in [5.74, 6) is -0.893. The van der Waals surface area contributed by atoms with E-state index in [9.17, 15) is 19.5 Å². The molecule has 2 N–H and O–H groups in total. The first kappa shape index (κ1) is 23.4. The number of nitrogens with zero attached hydrogens (tertiary/aromatic N) is 1. The van der Waals surface area contributed by atoms with Gasteiger partial charge in [0.05, 0.1) is 0 Å². The van der Waals surface area contributed by atoms with Crippen LogP contribution < -0.4 is 5.32 Å². The number of amides is 2. The van der Waals surface area contributed by atoms with Crippen molar-refractivity contribution in [1.82, 2.24) is 10.2 Å². The molecule has 2 saturated carbocycles. The maximum absolute atomic E-state index is 12.9. The quantitative estimate of drug-likeness (QED) is 0.583. The van der Waals surface area contributed by atoms with E-state index in [0.717, 1.165) is 25.7 Å². The maximum Gasteiger partial charge on any atom is 0.407 e. The fraction of sp³-hybridized carbons (Fsp3) is 0.464. The second kappa shape index (κ2) is 9.72. The SMILES string of the molecule is CC(C(=O)O)N(C(=O)CC1CCC(NC(=O)OCC2c3ccccc3-c3ccccc32)C1)C1CC1. The van der Waals surface area contributed by atoms with Gasteiger partial charge in [0.25, 0.3) is 0 Å². The molecule has 2 aromatic carbocycles. The summed E-state index contributed by atoms with van der Waals surface area (Å²) in [6.45, 7) is 1.85. The lowest BCUT2D eigenvalue weighted by Crippen LogP contribution is -2.45. The molecule has 7 nitrogen and oxygen atoms in total. The molecule has 0 bridgehead atoms. The Morgan fingerprint density at radius 3 is 2.23 bits per heavy atom. The maximum atomic E-state index is 12.9. The van der Waals surface area contributed by atoms with Gasteiger partial charge in [-0.25, -0.2) is 9.59 Å². The Balaban J connectivity index is 1.12. The predicted molar refractivity (Wildman–Crippen MR) is 131 cm³/mol. The van der Waals surface area contributed by atoms with E-state index in [4.69, 9.17) is 4.74 Å². The second-order valence-corrected chi connectivity index (χ2v) is 10.1. The number of nitrogens with one attached hydrogen (secondary N) is 1. The lowest BCUT2D eigenvalue weighted by molar-refractivity contribution is -0.150. The lowest BCUT2D eigenvalue weighted by Gasteiger charge is -2.27. The molecule has 184 valence electrons. The van der Waals surface area contributed by atoms with Gasteiger partial charge >= 0.3 is 12.1 Å². The predicted octanol–water partition coefficient (Wildman–Crippen LogP) is 4.55. The number of hydrogen-bond acceptors (Lipinski definition) is 4. The highest BCUT2D eigenvalue weighted by atomic mass is 16.5. The fourth-order valence-electron chi connectivity index (χ4n) is 5.76. The fourth-order valence-corrected chi connectivity index (χ4v) is 5.76. The van der Waals surface area contributed by atoms with Crippen molar-refractivity contribution in [3.63, 3.8) is 0 Å². The Labute approximate surface area is 205 Å². The van der Waals surface area contributed by atoms with E-state index in [1.54, 1.807) is 11.8 Å². The lowest BCUT2D eigenvalue weighted by atomic mass is 9.98. The number of hydrogen-bond donors (Lipinski definition) is 2. The highest BCUT2D eigenvalue weighted by Gasteiger charge is 2.40. The van der Waals surface area contributed by atoms with Crippen molar-refractivity contribution < 1.29 is 24.2 Å². The standard InChI is InChI=1S/C28H32N2O5/c1-17(27(32)33)30(20-12-13-20)26(31)15-18-10-11-19(14-18)29-28(34)35-16-25-23-8-4-2-6-21(23)22-7-3-5-9-24(22)25/h2-9,17-20,25H,10-16H2,1H3,(H,29,34)(H,32,33). The zero-order chi connectivity index (χ0) is 24.5. The van der Waals surface area contributed by atoms with E-state index >= 15 is 0 Å². The molecule has 7 heteroatoms. The van der Waals surface area contributed by atoms with Crippen molar-refractivity contribution in [2.45, 2.75) is 69.5 Å². The van der Waals surface area contributed by atoms with Crippen LogP contribution in [0.1, 0.15) is 62.5 Å². The molecule has 0 saturated heterocycles. The molecule has 35 heavy (non-hydrogen) atoms. The van der Waals surface area contributed by atoms with Crippen LogP contribution in [0.25, 0.3) is 11.1 Å². The summed E-state index contributed by atoms with van der Waals surface area (Å²) in [6.07, 6.45) is 3.98. The Hall–Kier alpha value is -3.35. The first-order chi connectivity index (χ1) is 16.9. The molecule has 3 unspecified atom stereocenters. The van der Waals surface area contributed by atoms with Crippen LogP contribution in [-0.4, -0.2) is 52.7 Å². The summed E-state index contributed by atoms with van der Waals surface area (Å²) in [4.78, 5) is 38.4. The molecule has 0 heterocycles. The smallest absolute Gasteiger partial charge is 0.407 e. The van der Waals surface area contributed by atoms with Crippen molar-refractivity contribution in [2.75, 3.05) is 6.61 Å². The van der Waals surface area contributed by atoms with Gasteiger partial charge in [0, 0.05) is 24.4 Å². The Morgan fingerprint density at radius 2 is 1.63 bits per heavy atom. The Kier molecular flexibility index (Phi) is 6.50. The normalized spacial score (nSPS) is 21.6. The largest absolute Gasteiger partial charge is 0.480 e. The summed E-state index contributed by atoms with van der Waals surface area (Å²) in [7, 11) is 0. The number of benzene rings is 2. The number of carboxylic acid groups (broad SMARTS) is 1. The molecule has 2 amide bonds. The van der Waals surface area contributed by atoms with Gasteiger partial charge in [-0.15, -0.1) is 0 Å². The zero-order valence-electron chi connectivity index (χ0n) is 20.0. The molecule has 0 aromatic heterocycles. The van der Waals surface area contributed by atoms with Crippen molar-refractivity contribution in [3.05, 3.63) is 59.7 Å². The molecule has 0 radical (unpaired) electrons. The minimum Gasteiger partial charge on any atom is -0.480 e. The molecule has 5 rings (SSSR count). The molecule has 2 fully saturated rings. The number of rotatable bonds is 8. The number of ether oxygens (including phenoxy) is 1. The van der Waals surface area contributed by atoms with Crippen molar-refractivity contribution >= 4 is 18.0 Å². The molecule has 0 aliphatic heterocycles. The third-order valence-electron chi connectivity index (χ3n) is 7.67. The summed E-state index contributed by atoms with van der Waals surface area (Å²) < 4.78 is 5.66. The molecule has 0 spiro atoms. The highest BCUT2D eigenvalue weighted by Crippen LogP contribution is 2.44. The van der Waals surface area contributed by atoms with E-state index in [1.807, 2.05) is 24.3 Å². The van der Waals surface area contributed by atoms with Gasteiger partial charge in [0.15, 0.2) is 0 Å².